The largest absolute Gasteiger partial charge is 0.481 e. The van der Waals surface area contributed by atoms with Crippen LogP contribution in [0.5, 0.6) is 0 Å². The highest BCUT2D eigenvalue weighted by Gasteiger charge is 2.43. The van der Waals surface area contributed by atoms with Crippen molar-refractivity contribution in [1.82, 2.24) is 9.88 Å². The zero-order chi connectivity index (χ0) is 19.3. The summed E-state index contributed by atoms with van der Waals surface area (Å²) < 4.78 is 5.12. The van der Waals surface area contributed by atoms with Gasteiger partial charge in [0.15, 0.2) is 0 Å². The van der Waals surface area contributed by atoms with Gasteiger partial charge in [0.05, 0.1) is 23.7 Å². The Morgan fingerprint density at radius 1 is 1.33 bits per heavy atom. The molecule has 1 N–H and O–H groups in total. The zero-order valence-electron chi connectivity index (χ0n) is 15.4. The van der Waals surface area contributed by atoms with Crippen LogP contribution in [0.2, 0.25) is 0 Å². The molecule has 1 saturated heterocycles. The van der Waals surface area contributed by atoms with E-state index >= 15 is 0 Å². The van der Waals surface area contributed by atoms with Crippen molar-refractivity contribution in [2.24, 2.45) is 5.41 Å². The van der Waals surface area contributed by atoms with Gasteiger partial charge in [-0.1, -0.05) is 30.3 Å². The standard InChI is InChI=1S/C20H24N2O4S/c1-26-14-20(19(24)25)8-5-9-22(13-20)18(23)11-16-12-27-17(21-16)10-15-6-3-2-4-7-15/h2-4,6-7,12H,5,8-11,13-14H2,1H3,(H,24,25). The van der Waals surface area contributed by atoms with Crippen molar-refractivity contribution in [2.75, 3.05) is 26.8 Å². The smallest absolute Gasteiger partial charge is 0.313 e. The highest BCUT2D eigenvalue weighted by Crippen LogP contribution is 2.31. The van der Waals surface area contributed by atoms with Crippen LogP contribution in [0.15, 0.2) is 35.7 Å². The first-order chi connectivity index (χ1) is 13.0. The van der Waals surface area contributed by atoms with Crippen LogP contribution in [-0.4, -0.2) is 53.7 Å². The van der Waals surface area contributed by atoms with Gasteiger partial charge in [0.25, 0.3) is 0 Å². The molecule has 1 unspecified atom stereocenters. The minimum Gasteiger partial charge on any atom is -0.481 e. The number of carboxylic acids is 1. The van der Waals surface area contributed by atoms with Crippen molar-refractivity contribution in [1.29, 1.82) is 0 Å². The van der Waals surface area contributed by atoms with Gasteiger partial charge >= 0.3 is 5.97 Å². The van der Waals surface area contributed by atoms with Crippen molar-refractivity contribution in [2.45, 2.75) is 25.7 Å². The lowest BCUT2D eigenvalue weighted by atomic mass is 9.80. The van der Waals surface area contributed by atoms with Gasteiger partial charge in [-0.15, -0.1) is 11.3 Å². The number of amides is 1. The molecule has 1 fully saturated rings. The summed E-state index contributed by atoms with van der Waals surface area (Å²) in [7, 11) is 1.50. The van der Waals surface area contributed by atoms with Gasteiger partial charge < -0.3 is 14.7 Å². The van der Waals surface area contributed by atoms with Gasteiger partial charge in [0, 0.05) is 32.0 Å². The maximum absolute atomic E-state index is 12.7. The fourth-order valence-corrected chi connectivity index (χ4v) is 4.35. The lowest BCUT2D eigenvalue weighted by molar-refractivity contribution is -0.159. The molecule has 1 aliphatic heterocycles. The Hall–Kier alpha value is -2.25. The molecule has 3 rings (SSSR count). The number of methoxy groups -OCH3 is 1. The van der Waals surface area contributed by atoms with Gasteiger partial charge in [-0.25, -0.2) is 4.98 Å². The van der Waals surface area contributed by atoms with E-state index in [2.05, 4.69) is 17.1 Å². The molecule has 1 amide bonds. The first kappa shape index (κ1) is 19.5. The van der Waals surface area contributed by atoms with E-state index in [1.807, 2.05) is 23.6 Å². The highest BCUT2D eigenvalue weighted by atomic mass is 32.1. The zero-order valence-corrected chi connectivity index (χ0v) is 16.2. The second-order valence-corrected chi connectivity index (χ2v) is 7.95. The summed E-state index contributed by atoms with van der Waals surface area (Å²) in [6.45, 7) is 0.888. The Morgan fingerprint density at radius 3 is 2.81 bits per heavy atom. The van der Waals surface area contributed by atoms with Crippen LogP contribution < -0.4 is 0 Å². The molecule has 6 nitrogen and oxygen atoms in total. The Kier molecular flexibility index (Phi) is 6.23. The molecule has 0 saturated carbocycles. The lowest BCUT2D eigenvalue weighted by Crippen LogP contribution is -2.52. The monoisotopic (exact) mass is 388 g/mol. The number of likely N-dealkylation sites (tertiary alicyclic amines) is 1. The summed E-state index contributed by atoms with van der Waals surface area (Å²) in [4.78, 5) is 30.7. The molecular weight excluding hydrogens is 364 g/mol. The number of thiazole rings is 1. The second kappa shape index (κ2) is 8.63. The number of aromatic nitrogens is 1. The summed E-state index contributed by atoms with van der Waals surface area (Å²) in [5, 5.41) is 12.5. The number of aliphatic carboxylic acids is 1. The van der Waals surface area contributed by atoms with Crippen LogP contribution in [0.1, 0.15) is 29.1 Å². The number of hydrogen-bond donors (Lipinski definition) is 1. The molecule has 1 atom stereocenters. The summed E-state index contributed by atoms with van der Waals surface area (Å²) in [6, 6.07) is 10.1. The van der Waals surface area contributed by atoms with Crippen molar-refractivity contribution < 1.29 is 19.4 Å². The van der Waals surface area contributed by atoms with Crippen molar-refractivity contribution >= 4 is 23.2 Å². The quantitative estimate of drug-likeness (QED) is 0.789. The molecule has 7 heteroatoms. The molecule has 1 aliphatic rings. The van der Waals surface area contributed by atoms with Crippen LogP contribution in [0.4, 0.5) is 0 Å². The van der Waals surface area contributed by atoms with Crippen LogP contribution in [0.25, 0.3) is 0 Å². The third-order valence-electron chi connectivity index (χ3n) is 4.93. The number of carboxylic acid groups (broad SMARTS) is 1. The maximum Gasteiger partial charge on any atom is 0.313 e. The highest BCUT2D eigenvalue weighted by molar-refractivity contribution is 7.09. The van der Waals surface area contributed by atoms with Crippen molar-refractivity contribution in [3.63, 3.8) is 0 Å². The molecule has 27 heavy (non-hydrogen) atoms. The maximum atomic E-state index is 12.7. The normalized spacial score (nSPS) is 19.8. The summed E-state index contributed by atoms with van der Waals surface area (Å²) in [5.74, 6) is -0.978. The SMILES string of the molecule is COCC1(C(=O)O)CCCN(C(=O)Cc2csc(Cc3ccccc3)n2)C1. The average molecular weight is 388 g/mol. The molecule has 144 valence electrons. The van der Waals surface area contributed by atoms with Crippen molar-refractivity contribution in [3.05, 3.63) is 52.0 Å². The number of ether oxygens (including phenoxy) is 1. The van der Waals surface area contributed by atoms with Gasteiger partial charge in [0.1, 0.15) is 5.41 Å². The van der Waals surface area contributed by atoms with Gasteiger partial charge in [-0.2, -0.15) is 0 Å². The fraction of sp³-hybridized carbons (Fsp3) is 0.450. The molecular formula is C20H24N2O4S. The molecule has 0 aliphatic carbocycles. The molecule has 2 heterocycles. The number of carbonyl (C=O) groups is 2. The average Bonchev–Trinajstić information content (AvgIpc) is 3.09. The van der Waals surface area contributed by atoms with Gasteiger partial charge in [-0.3, -0.25) is 9.59 Å². The van der Waals surface area contributed by atoms with E-state index < -0.39 is 11.4 Å². The van der Waals surface area contributed by atoms with E-state index in [0.29, 0.717) is 19.4 Å². The van der Waals surface area contributed by atoms with Crippen LogP contribution in [0, 0.1) is 5.41 Å². The topological polar surface area (TPSA) is 79.7 Å². The Bertz CT molecular complexity index is 788. The number of carbonyl (C=O) groups excluding carboxylic acids is 1. The number of nitrogens with zero attached hydrogens (tertiary/aromatic N) is 2. The lowest BCUT2D eigenvalue weighted by Gasteiger charge is -2.39. The van der Waals surface area contributed by atoms with Crippen LogP contribution >= 0.6 is 11.3 Å². The van der Waals surface area contributed by atoms with Gasteiger partial charge in [0.2, 0.25) is 5.91 Å². The van der Waals surface area contributed by atoms with Crippen molar-refractivity contribution in [3.8, 4) is 0 Å². The molecule has 1 aromatic heterocycles. The summed E-state index contributed by atoms with van der Waals surface area (Å²) in [5.41, 5.74) is 0.921. The molecule has 0 spiro atoms. The van der Waals surface area contributed by atoms with Gasteiger partial charge in [-0.05, 0) is 18.4 Å². The third-order valence-corrected chi connectivity index (χ3v) is 5.83. The molecule has 0 radical (unpaired) electrons. The molecule has 1 aromatic carbocycles. The fourth-order valence-electron chi connectivity index (χ4n) is 3.52. The minimum atomic E-state index is -1.01. The number of hydrogen-bond acceptors (Lipinski definition) is 5. The predicted octanol–water partition coefficient (Wildman–Crippen LogP) is 2.62. The van der Waals surface area contributed by atoms with E-state index in [1.165, 1.54) is 12.7 Å². The number of piperidine rings is 1. The summed E-state index contributed by atoms with van der Waals surface area (Å²) >= 11 is 1.55. The first-order valence-corrected chi connectivity index (χ1v) is 9.88. The van der Waals surface area contributed by atoms with E-state index in [0.717, 1.165) is 17.1 Å². The van der Waals surface area contributed by atoms with Crippen LogP contribution in [0.3, 0.4) is 0 Å². The van der Waals surface area contributed by atoms with Crippen LogP contribution in [-0.2, 0) is 27.2 Å². The minimum absolute atomic E-state index is 0.0759. The third kappa shape index (κ3) is 4.73. The Morgan fingerprint density at radius 2 is 2.11 bits per heavy atom. The number of benzene rings is 1. The predicted molar refractivity (Wildman–Crippen MR) is 103 cm³/mol. The van der Waals surface area contributed by atoms with E-state index in [4.69, 9.17) is 4.74 Å². The van der Waals surface area contributed by atoms with E-state index in [1.54, 1.807) is 16.2 Å². The van der Waals surface area contributed by atoms with E-state index in [9.17, 15) is 14.7 Å². The number of rotatable bonds is 7. The molecule has 0 bridgehead atoms. The first-order valence-electron chi connectivity index (χ1n) is 9.00. The second-order valence-electron chi connectivity index (χ2n) is 7.01. The summed E-state index contributed by atoms with van der Waals surface area (Å²) in [6.07, 6.45) is 2.14. The van der Waals surface area contributed by atoms with E-state index in [-0.39, 0.29) is 25.5 Å². The Labute approximate surface area is 162 Å². The molecule has 2 aromatic rings. The Balaban J connectivity index is 1.62.